The fraction of sp³-hybridized carbons (Fsp3) is 0.182. The molecule has 1 aliphatic rings. The molecule has 4 rings (SSSR count). The molecule has 1 saturated heterocycles. The van der Waals surface area contributed by atoms with Crippen LogP contribution in [0.1, 0.15) is 18.6 Å². The highest BCUT2D eigenvalue weighted by atomic mass is 35.5. The van der Waals surface area contributed by atoms with Crippen LogP contribution in [-0.4, -0.2) is 37.4 Å². The maximum atomic E-state index is 13.0. The van der Waals surface area contributed by atoms with Gasteiger partial charge in [-0.2, -0.15) is 9.41 Å². The van der Waals surface area contributed by atoms with Crippen LogP contribution in [0.15, 0.2) is 69.0 Å². The van der Waals surface area contributed by atoms with Crippen molar-refractivity contribution in [1.82, 2.24) is 9.73 Å². The summed E-state index contributed by atoms with van der Waals surface area (Å²) in [5.41, 5.74) is 3.07. The second-order valence-electron chi connectivity index (χ2n) is 7.29. The van der Waals surface area contributed by atoms with E-state index >= 15 is 0 Å². The van der Waals surface area contributed by atoms with E-state index in [0.29, 0.717) is 45.0 Å². The Morgan fingerprint density at radius 2 is 1.79 bits per heavy atom. The summed E-state index contributed by atoms with van der Waals surface area (Å²) >= 11 is 18.0. The molecule has 1 amide bonds. The van der Waals surface area contributed by atoms with E-state index in [1.807, 2.05) is 0 Å². The number of rotatable bonds is 6. The minimum absolute atomic E-state index is 0.0825. The molecule has 1 aliphatic heterocycles. The number of halogens is 3. The number of nitrogens with zero attached hydrogens (tertiary/aromatic N) is 2. The third kappa shape index (κ3) is 5.26. The van der Waals surface area contributed by atoms with Crippen molar-refractivity contribution in [2.45, 2.75) is 23.8 Å². The van der Waals surface area contributed by atoms with Crippen LogP contribution in [0.5, 0.6) is 0 Å². The fourth-order valence-electron chi connectivity index (χ4n) is 3.52. The number of hydrazone groups is 1. The summed E-state index contributed by atoms with van der Waals surface area (Å²) in [5.74, 6) is 0.377. The summed E-state index contributed by atoms with van der Waals surface area (Å²) in [6.07, 6.45) is 2.30. The smallest absolute Gasteiger partial charge is 0.258 e. The highest BCUT2D eigenvalue weighted by molar-refractivity contribution is 7.89. The molecule has 1 N–H and O–H groups in total. The number of hydrogen-bond acceptors (Lipinski definition) is 5. The summed E-state index contributed by atoms with van der Waals surface area (Å²) < 4.78 is 32.8. The summed E-state index contributed by atoms with van der Waals surface area (Å²) in [5, 5.41) is 5.30. The van der Waals surface area contributed by atoms with E-state index in [-0.39, 0.29) is 11.4 Å². The van der Waals surface area contributed by atoms with Crippen molar-refractivity contribution in [3.63, 3.8) is 0 Å². The Morgan fingerprint density at radius 3 is 2.52 bits per heavy atom. The van der Waals surface area contributed by atoms with Crippen molar-refractivity contribution in [1.29, 1.82) is 0 Å². The van der Waals surface area contributed by atoms with E-state index in [1.165, 1.54) is 34.8 Å². The first kappa shape index (κ1) is 23.8. The standard InChI is InChI=1S/C22H18Cl3N3O4S/c23-14-3-7-17(8-4-14)33(30,31)28-11-1-2-20(28)22(29)27-26-13-16-6-10-21(32-16)18-9-5-15(24)12-19(18)25/h3-10,12-13,20H,1-2,11H2,(H,27,29)/b26-13-/t20-/m0/s1. The van der Waals surface area contributed by atoms with E-state index in [0.717, 1.165) is 0 Å². The van der Waals surface area contributed by atoms with Gasteiger partial charge in [-0.3, -0.25) is 4.79 Å². The van der Waals surface area contributed by atoms with Crippen LogP contribution in [-0.2, 0) is 14.8 Å². The number of nitrogens with one attached hydrogen (secondary N) is 1. The lowest BCUT2D eigenvalue weighted by Gasteiger charge is -2.22. The molecule has 33 heavy (non-hydrogen) atoms. The predicted molar refractivity (Wildman–Crippen MR) is 128 cm³/mol. The van der Waals surface area contributed by atoms with Crippen LogP contribution < -0.4 is 5.43 Å². The van der Waals surface area contributed by atoms with E-state index in [2.05, 4.69) is 10.5 Å². The highest BCUT2D eigenvalue weighted by Gasteiger charge is 2.39. The van der Waals surface area contributed by atoms with E-state index in [4.69, 9.17) is 39.2 Å². The Bertz CT molecular complexity index is 1310. The zero-order chi connectivity index (χ0) is 23.6. The Kier molecular flexibility index (Phi) is 7.11. The van der Waals surface area contributed by atoms with Gasteiger partial charge in [-0.15, -0.1) is 0 Å². The minimum Gasteiger partial charge on any atom is -0.455 e. The van der Waals surface area contributed by atoms with Gasteiger partial charge in [0, 0.05) is 22.2 Å². The molecule has 11 heteroatoms. The molecule has 0 unspecified atom stereocenters. The number of carbonyl (C=O) groups excluding carboxylic acids is 1. The highest BCUT2D eigenvalue weighted by Crippen LogP contribution is 2.31. The van der Waals surface area contributed by atoms with Crippen LogP contribution >= 0.6 is 34.8 Å². The maximum absolute atomic E-state index is 13.0. The van der Waals surface area contributed by atoms with Gasteiger partial charge in [0.1, 0.15) is 17.6 Å². The van der Waals surface area contributed by atoms with Gasteiger partial charge in [-0.05, 0) is 67.4 Å². The first-order valence-electron chi connectivity index (χ1n) is 9.91. The number of benzene rings is 2. The summed E-state index contributed by atoms with van der Waals surface area (Å²) in [6.45, 7) is 0.246. The number of hydrogen-bond donors (Lipinski definition) is 1. The van der Waals surface area contributed by atoms with Crippen LogP contribution in [0.2, 0.25) is 15.1 Å². The van der Waals surface area contributed by atoms with Crippen LogP contribution in [0.25, 0.3) is 11.3 Å². The normalized spacial score (nSPS) is 17.0. The monoisotopic (exact) mass is 525 g/mol. The maximum Gasteiger partial charge on any atom is 0.258 e. The molecule has 3 aromatic rings. The first-order valence-corrected chi connectivity index (χ1v) is 12.5. The molecule has 1 aromatic heterocycles. The summed E-state index contributed by atoms with van der Waals surface area (Å²) in [7, 11) is -3.84. The lowest BCUT2D eigenvalue weighted by Crippen LogP contribution is -2.44. The van der Waals surface area contributed by atoms with Gasteiger partial charge in [0.05, 0.1) is 16.1 Å². The van der Waals surface area contributed by atoms with Crippen molar-refractivity contribution >= 4 is 56.9 Å². The molecular formula is C22H18Cl3N3O4S. The second-order valence-corrected chi connectivity index (χ2v) is 10.5. The van der Waals surface area contributed by atoms with E-state index in [9.17, 15) is 13.2 Å². The van der Waals surface area contributed by atoms with Crippen molar-refractivity contribution in [3.05, 3.63) is 75.4 Å². The van der Waals surface area contributed by atoms with Crippen LogP contribution in [0.3, 0.4) is 0 Å². The van der Waals surface area contributed by atoms with Crippen molar-refractivity contribution in [2.75, 3.05) is 6.54 Å². The molecule has 0 saturated carbocycles. The quantitative estimate of drug-likeness (QED) is 0.352. The van der Waals surface area contributed by atoms with E-state index in [1.54, 1.807) is 30.3 Å². The third-order valence-corrected chi connectivity index (χ3v) is 7.84. The molecule has 1 atom stereocenters. The first-order chi connectivity index (χ1) is 15.8. The average molecular weight is 527 g/mol. The number of carbonyl (C=O) groups is 1. The third-order valence-electron chi connectivity index (χ3n) is 5.12. The predicted octanol–water partition coefficient (Wildman–Crippen LogP) is 5.21. The number of amides is 1. The molecule has 7 nitrogen and oxygen atoms in total. The minimum atomic E-state index is -3.84. The van der Waals surface area contributed by atoms with Crippen molar-refractivity contribution in [3.8, 4) is 11.3 Å². The summed E-state index contributed by atoms with van der Waals surface area (Å²) in [6, 6.07) is 13.4. The molecule has 2 heterocycles. The largest absolute Gasteiger partial charge is 0.455 e. The number of furan rings is 1. The van der Waals surface area contributed by atoms with Crippen LogP contribution in [0.4, 0.5) is 0 Å². The lowest BCUT2D eigenvalue weighted by molar-refractivity contribution is -0.124. The summed E-state index contributed by atoms with van der Waals surface area (Å²) in [4.78, 5) is 12.8. The van der Waals surface area contributed by atoms with E-state index < -0.39 is 22.0 Å². The molecule has 0 aliphatic carbocycles. The second kappa shape index (κ2) is 9.87. The molecule has 172 valence electrons. The number of sulfonamides is 1. The molecule has 0 bridgehead atoms. The SMILES string of the molecule is O=C(N/N=C\c1ccc(-c2ccc(Cl)cc2Cl)o1)[C@@H]1CCCN1S(=O)(=O)c1ccc(Cl)cc1. The Morgan fingerprint density at radius 1 is 1.06 bits per heavy atom. The zero-order valence-electron chi connectivity index (χ0n) is 17.0. The molecular weight excluding hydrogens is 509 g/mol. The van der Waals surface area contributed by atoms with Gasteiger partial charge in [-0.25, -0.2) is 13.8 Å². The Balaban J connectivity index is 1.43. The van der Waals surface area contributed by atoms with Crippen LogP contribution in [0, 0.1) is 0 Å². The van der Waals surface area contributed by atoms with Gasteiger partial charge >= 0.3 is 0 Å². The molecule has 0 spiro atoms. The lowest BCUT2D eigenvalue weighted by atomic mass is 10.2. The molecule has 1 fully saturated rings. The average Bonchev–Trinajstić information content (AvgIpc) is 3.44. The van der Waals surface area contributed by atoms with Gasteiger partial charge in [-0.1, -0.05) is 34.8 Å². The van der Waals surface area contributed by atoms with Crippen molar-refractivity contribution < 1.29 is 17.6 Å². The molecule has 2 aromatic carbocycles. The molecule has 0 radical (unpaired) electrons. The van der Waals surface area contributed by atoms with Gasteiger partial charge in [0.15, 0.2) is 0 Å². The fourth-order valence-corrected chi connectivity index (χ4v) is 5.81. The van der Waals surface area contributed by atoms with Crippen molar-refractivity contribution in [2.24, 2.45) is 5.10 Å². The van der Waals surface area contributed by atoms with Gasteiger partial charge in [0.25, 0.3) is 5.91 Å². The topological polar surface area (TPSA) is 92.0 Å². The van der Waals surface area contributed by atoms with Gasteiger partial charge < -0.3 is 4.42 Å². The Labute approximate surface area is 206 Å². The Hall–Kier alpha value is -2.36. The van der Waals surface area contributed by atoms with Gasteiger partial charge in [0.2, 0.25) is 10.0 Å². The zero-order valence-corrected chi connectivity index (χ0v) is 20.1.